The Balaban J connectivity index is 0.00000128. The van der Waals surface area contributed by atoms with Gasteiger partial charge in [0.2, 0.25) is 5.69 Å². The van der Waals surface area contributed by atoms with Gasteiger partial charge in [-0.05, 0) is 11.2 Å². The lowest BCUT2D eigenvalue weighted by Gasteiger charge is -2.00. The molecule has 0 aliphatic heterocycles. The van der Waals surface area contributed by atoms with E-state index in [-0.39, 0.29) is 24.0 Å². The molecular weight excluding hydrogens is 311 g/mol. The standard InChI is InChI=1S/C13H17N2.HI/c1-3-4-9-15-11(2)13-8-6-5-7-12(13)10-14-15;/h5-8,10H,3-4,9H2,1-2H3;1H/q+1;/p-1. The molecule has 0 saturated carbocycles. The molecule has 0 bridgehead atoms. The number of unbranched alkanes of at least 4 members (excludes halogenated alkanes) is 1. The van der Waals surface area contributed by atoms with E-state index in [9.17, 15) is 0 Å². The Morgan fingerprint density at radius 3 is 2.75 bits per heavy atom. The van der Waals surface area contributed by atoms with E-state index >= 15 is 0 Å². The van der Waals surface area contributed by atoms with Crippen molar-refractivity contribution in [3.8, 4) is 0 Å². The van der Waals surface area contributed by atoms with E-state index in [1.165, 1.54) is 29.3 Å². The Morgan fingerprint density at radius 1 is 1.25 bits per heavy atom. The highest BCUT2D eigenvalue weighted by molar-refractivity contribution is 5.82. The minimum absolute atomic E-state index is 0. The zero-order valence-electron chi connectivity index (χ0n) is 9.78. The molecule has 0 N–H and O–H groups in total. The molecule has 0 unspecified atom stereocenters. The molecule has 1 heterocycles. The third-order valence-corrected chi connectivity index (χ3v) is 2.80. The van der Waals surface area contributed by atoms with Crippen LogP contribution in [-0.2, 0) is 6.54 Å². The Morgan fingerprint density at radius 2 is 2.00 bits per heavy atom. The van der Waals surface area contributed by atoms with E-state index in [1.807, 2.05) is 6.20 Å². The van der Waals surface area contributed by atoms with E-state index in [0.29, 0.717) is 0 Å². The van der Waals surface area contributed by atoms with Crippen LogP contribution in [0.2, 0.25) is 0 Å². The van der Waals surface area contributed by atoms with Crippen molar-refractivity contribution >= 4 is 10.8 Å². The zero-order chi connectivity index (χ0) is 10.7. The summed E-state index contributed by atoms with van der Waals surface area (Å²) in [5, 5.41) is 6.99. The van der Waals surface area contributed by atoms with Gasteiger partial charge in [-0.3, -0.25) is 0 Å². The second-order valence-electron chi connectivity index (χ2n) is 3.89. The monoisotopic (exact) mass is 328 g/mol. The Kier molecular flexibility index (Phi) is 5.12. The van der Waals surface area contributed by atoms with Gasteiger partial charge >= 0.3 is 0 Å². The van der Waals surface area contributed by atoms with Gasteiger partial charge in [0.15, 0.2) is 6.54 Å². The molecule has 0 radical (unpaired) electrons. The number of aryl methyl sites for hydroxylation is 2. The average molecular weight is 328 g/mol. The Labute approximate surface area is 114 Å². The maximum atomic E-state index is 4.46. The van der Waals surface area contributed by atoms with Gasteiger partial charge in [0, 0.05) is 18.7 Å². The van der Waals surface area contributed by atoms with Gasteiger partial charge in [-0.2, -0.15) is 0 Å². The second-order valence-corrected chi connectivity index (χ2v) is 3.89. The molecule has 2 nitrogen and oxygen atoms in total. The van der Waals surface area contributed by atoms with Gasteiger partial charge in [-0.25, -0.2) is 0 Å². The molecular formula is C13H17IN2. The fourth-order valence-electron chi connectivity index (χ4n) is 1.83. The molecule has 2 rings (SSSR count). The van der Waals surface area contributed by atoms with Crippen molar-refractivity contribution in [1.29, 1.82) is 0 Å². The van der Waals surface area contributed by atoms with Crippen LogP contribution in [0, 0.1) is 6.92 Å². The van der Waals surface area contributed by atoms with Gasteiger partial charge in [0.25, 0.3) is 0 Å². The van der Waals surface area contributed by atoms with Crippen LogP contribution in [0.1, 0.15) is 25.5 Å². The number of aromatic nitrogens is 2. The summed E-state index contributed by atoms with van der Waals surface area (Å²) in [4.78, 5) is 0. The number of fused-ring (bicyclic) bond motifs is 1. The van der Waals surface area contributed by atoms with Gasteiger partial charge in [-0.15, -0.1) is 0 Å². The van der Waals surface area contributed by atoms with Crippen molar-refractivity contribution < 1.29 is 28.7 Å². The molecule has 0 atom stereocenters. The fraction of sp³-hybridized carbons (Fsp3) is 0.385. The minimum Gasteiger partial charge on any atom is -1.00 e. The largest absolute Gasteiger partial charge is 1.00 e. The lowest BCUT2D eigenvalue weighted by Crippen LogP contribution is -3.00. The number of hydrogen-bond donors (Lipinski definition) is 0. The van der Waals surface area contributed by atoms with E-state index < -0.39 is 0 Å². The zero-order valence-corrected chi connectivity index (χ0v) is 11.9. The Hall–Kier alpha value is -0.710. The van der Waals surface area contributed by atoms with Crippen LogP contribution >= 0.6 is 0 Å². The molecule has 0 amide bonds. The van der Waals surface area contributed by atoms with Crippen molar-refractivity contribution in [2.75, 3.05) is 0 Å². The summed E-state index contributed by atoms with van der Waals surface area (Å²) in [5.41, 5.74) is 1.27. The molecule has 0 spiro atoms. The van der Waals surface area contributed by atoms with Gasteiger partial charge < -0.3 is 24.0 Å². The second kappa shape index (κ2) is 6.13. The van der Waals surface area contributed by atoms with Crippen LogP contribution in [0.5, 0.6) is 0 Å². The molecule has 0 aliphatic rings. The fourth-order valence-corrected chi connectivity index (χ4v) is 1.83. The highest BCUT2D eigenvalue weighted by Crippen LogP contribution is 2.13. The van der Waals surface area contributed by atoms with E-state index in [2.05, 4.69) is 47.9 Å². The summed E-state index contributed by atoms with van der Waals surface area (Å²) in [6, 6.07) is 8.41. The van der Waals surface area contributed by atoms with Gasteiger partial charge in [-0.1, -0.05) is 36.2 Å². The first-order valence-corrected chi connectivity index (χ1v) is 5.57. The van der Waals surface area contributed by atoms with Crippen molar-refractivity contribution in [2.24, 2.45) is 0 Å². The minimum atomic E-state index is 0. The molecule has 2 aromatic rings. The molecule has 86 valence electrons. The summed E-state index contributed by atoms with van der Waals surface area (Å²) < 4.78 is 2.10. The smallest absolute Gasteiger partial charge is 0.213 e. The highest BCUT2D eigenvalue weighted by Gasteiger charge is 2.10. The summed E-state index contributed by atoms with van der Waals surface area (Å²) in [5.74, 6) is 0. The first kappa shape index (κ1) is 13.4. The SMILES string of the molecule is CCCC[n+]1ncc2ccccc2c1C.[I-]. The number of halogens is 1. The third kappa shape index (κ3) is 2.70. The normalized spacial score (nSPS) is 10.1. The van der Waals surface area contributed by atoms with Crippen LogP contribution < -0.4 is 28.7 Å². The van der Waals surface area contributed by atoms with E-state index in [1.54, 1.807) is 0 Å². The first-order chi connectivity index (χ1) is 7.33. The van der Waals surface area contributed by atoms with Crippen molar-refractivity contribution in [2.45, 2.75) is 33.2 Å². The number of nitrogens with zero attached hydrogens (tertiary/aromatic N) is 2. The number of rotatable bonds is 3. The molecule has 16 heavy (non-hydrogen) atoms. The molecule has 0 aliphatic carbocycles. The molecule has 0 fully saturated rings. The molecule has 3 heteroatoms. The third-order valence-electron chi connectivity index (χ3n) is 2.80. The van der Waals surface area contributed by atoms with Gasteiger partial charge in [0.1, 0.15) is 6.20 Å². The van der Waals surface area contributed by atoms with Gasteiger partial charge in [0.05, 0.1) is 5.39 Å². The van der Waals surface area contributed by atoms with Crippen molar-refractivity contribution in [3.05, 3.63) is 36.2 Å². The quantitative estimate of drug-likeness (QED) is 0.555. The van der Waals surface area contributed by atoms with Crippen LogP contribution in [0.25, 0.3) is 10.8 Å². The molecule has 1 aromatic carbocycles. The summed E-state index contributed by atoms with van der Waals surface area (Å²) >= 11 is 0. The molecule has 0 saturated heterocycles. The van der Waals surface area contributed by atoms with Crippen LogP contribution in [0.4, 0.5) is 0 Å². The Bertz CT molecular complexity index is 468. The lowest BCUT2D eigenvalue weighted by atomic mass is 10.1. The van der Waals surface area contributed by atoms with Crippen LogP contribution in [0.3, 0.4) is 0 Å². The summed E-state index contributed by atoms with van der Waals surface area (Å²) in [7, 11) is 0. The maximum Gasteiger partial charge on any atom is 0.213 e. The predicted octanol–water partition coefficient (Wildman–Crippen LogP) is -0.365. The maximum absolute atomic E-state index is 4.46. The highest BCUT2D eigenvalue weighted by atomic mass is 127. The predicted molar refractivity (Wildman–Crippen MR) is 61.6 cm³/mol. The number of benzene rings is 1. The average Bonchev–Trinajstić information content (AvgIpc) is 2.29. The van der Waals surface area contributed by atoms with E-state index in [0.717, 1.165) is 6.54 Å². The van der Waals surface area contributed by atoms with Crippen LogP contribution in [0.15, 0.2) is 30.5 Å². The topological polar surface area (TPSA) is 16.8 Å². The lowest BCUT2D eigenvalue weighted by molar-refractivity contribution is -0.758. The van der Waals surface area contributed by atoms with Crippen molar-refractivity contribution in [1.82, 2.24) is 5.10 Å². The molecule has 1 aromatic heterocycles. The summed E-state index contributed by atoms with van der Waals surface area (Å²) in [6.07, 6.45) is 4.36. The van der Waals surface area contributed by atoms with E-state index in [4.69, 9.17) is 0 Å². The van der Waals surface area contributed by atoms with Crippen LogP contribution in [-0.4, -0.2) is 5.10 Å². The first-order valence-electron chi connectivity index (χ1n) is 5.57. The summed E-state index contributed by atoms with van der Waals surface area (Å²) in [6.45, 7) is 5.37. The van der Waals surface area contributed by atoms with Crippen molar-refractivity contribution in [3.63, 3.8) is 0 Å². The number of hydrogen-bond acceptors (Lipinski definition) is 1.